The van der Waals surface area contributed by atoms with E-state index in [4.69, 9.17) is 4.74 Å². The topological polar surface area (TPSA) is 99.0 Å². The second-order valence-corrected chi connectivity index (χ2v) is 10.9. The first-order valence-electron chi connectivity index (χ1n) is 12.9. The summed E-state index contributed by atoms with van der Waals surface area (Å²) in [7, 11) is 0. The third-order valence-corrected chi connectivity index (χ3v) is 6.83. The molecule has 9 nitrogen and oxygen atoms in total. The number of piperidine rings is 1. The molecule has 0 saturated carbocycles. The zero-order valence-electron chi connectivity index (χ0n) is 21.5. The molecule has 194 valence electrons. The van der Waals surface area contributed by atoms with Gasteiger partial charge in [-0.3, -0.25) is 24.6 Å². The number of nitrogens with zero attached hydrogens (tertiary/aromatic N) is 3. The number of amides is 3. The molecule has 1 atom stereocenters. The Morgan fingerprint density at radius 3 is 2.58 bits per heavy atom. The van der Waals surface area contributed by atoms with Gasteiger partial charge < -0.3 is 9.64 Å². The number of benzene rings is 1. The zero-order valence-corrected chi connectivity index (χ0v) is 21.5. The van der Waals surface area contributed by atoms with Gasteiger partial charge in [-0.2, -0.15) is 4.58 Å². The number of hydrogen-bond donors (Lipinski definition) is 1. The lowest BCUT2D eigenvalue weighted by atomic mass is 9.99. The van der Waals surface area contributed by atoms with Gasteiger partial charge in [-0.05, 0) is 64.8 Å². The SMILES string of the molecule is CC(C)(C)OC(=O)CCCCN1CCN(c2ccc3c(c2)C[N+](=CC2CCC(=O)NC2=O)C3=O)CC1. The average Bonchev–Trinajstić information content (AvgIpc) is 3.12. The summed E-state index contributed by atoms with van der Waals surface area (Å²) in [6, 6.07) is 5.97. The molecular weight excluding hydrogens is 460 g/mol. The molecule has 3 aliphatic rings. The summed E-state index contributed by atoms with van der Waals surface area (Å²) in [4.78, 5) is 53.0. The van der Waals surface area contributed by atoms with Gasteiger partial charge in [-0.25, -0.2) is 4.79 Å². The standard InChI is InChI=1S/C27H36N4O5/c1-27(2,3)36-24(33)6-4-5-11-29-12-14-30(15-13-29)21-8-9-22-20(16-21)18-31(26(22)35)17-19-7-10-23(32)28-25(19)34/h8-9,16-17,19H,4-7,10-15,18H2,1-3H3/p+1. The van der Waals surface area contributed by atoms with Crippen molar-refractivity contribution in [3.63, 3.8) is 0 Å². The van der Waals surface area contributed by atoms with Gasteiger partial charge in [-0.15, -0.1) is 0 Å². The number of carbonyl (C=O) groups is 4. The van der Waals surface area contributed by atoms with Gasteiger partial charge in [0.1, 0.15) is 17.1 Å². The number of hydrogen-bond acceptors (Lipinski definition) is 7. The molecule has 0 radical (unpaired) electrons. The molecule has 0 aromatic heterocycles. The second kappa shape index (κ2) is 10.9. The van der Waals surface area contributed by atoms with Gasteiger partial charge in [0.2, 0.25) is 11.8 Å². The molecule has 4 rings (SSSR count). The Hall–Kier alpha value is -3.07. The Morgan fingerprint density at radius 1 is 1.14 bits per heavy atom. The number of rotatable bonds is 7. The van der Waals surface area contributed by atoms with Crippen molar-refractivity contribution in [1.82, 2.24) is 10.2 Å². The molecule has 3 aliphatic heterocycles. The predicted molar refractivity (Wildman–Crippen MR) is 135 cm³/mol. The maximum absolute atomic E-state index is 12.9. The molecule has 0 spiro atoms. The van der Waals surface area contributed by atoms with Crippen LogP contribution in [0.15, 0.2) is 18.2 Å². The Labute approximate surface area is 212 Å². The molecule has 2 saturated heterocycles. The molecule has 0 bridgehead atoms. The average molecular weight is 498 g/mol. The van der Waals surface area contributed by atoms with Crippen LogP contribution in [0.4, 0.5) is 5.69 Å². The summed E-state index contributed by atoms with van der Waals surface area (Å²) >= 11 is 0. The third kappa shape index (κ3) is 6.57. The van der Waals surface area contributed by atoms with Crippen LogP contribution in [0.5, 0.6) is 0 Å². The van der Waals surface area contributed by atoms with E-state index in [1.165, 1.54) is 0 Å². The van der Waals surface area contributed by atoms with Gasteiger partial charge >= 0.3 is 11.9 Å². The summed E-state index contributed by atoms with van der Waals surface area (Å²) in [5, 5.41) is 2.35. The number of anilines is 1. The molecule has 3 heterocycles. The van der Waals surface area contributed by atoms with Gasteiger partial charge in [-0.1, -0.05) is 0 Å². The Bertz CT molecular complexity index is 1070. The lowest BCUT2D eigenvalue weighted by Gasteiger charge is -2.36. The van der Waals surface area contributed by atoms with Gasteiger partial charge in [0.05, 0.1) is 0 Å². The summed E-state index contributed by atoms with van der Waals surface area (Å²) in [5.74, 6) is -1.28. The summed E-state index contributed by atoms with van der Waals surface area (Å²) in [5.41, 5.74) is 2.31. The number of imide groups is 1. The summed E-state index contributed by atoms with van der Waals surface area (Å²) in [6.07, 6.45) is 4.66. The van der Waals surface area contributed by atoms with Crippen LogP contribution >= 0.6 is 0 Å². The number of unbranched alkanes of at least 4 members (excludes halogenated alkanes) is 1. The molecule has 3 amide bonds. The number of piperazine rings is 1. The molecule has 1 N–H and O–H groups in total. The first-order valence-corrected chi connectivity index (χ1v) is 12.9. The van der Waals surface area contributed by atoms with E-state index < -0.39 is 11.5 Å². The molecular formula is C27H37N4O5+. The fourth-order valence-corrected chi connectivity index (χ4v) is 4.94. The lowest BCUT2D eigenvalue weighted by Crippen LogP contribution is -2.46. The van der Waals surface area contributed by atoms with Crippen LogP contribution in [0.25, 0.3) is 0 Å². The van der Waals surface area contributed by atoms with Crippen LogP contribution in [0, 0.1) is 5.92 Å². The Morgan fingerprint density at radius 2 is 1.89 bits per heavy atom. The highest BCUT2D eigenvalue weighted by molar-refractivity contribution is 6.05. The van der Waals surface area contributed by atoms with E-state index in [2.05, 4.69) is 21.2 Å². The van der Waals surface area contributed by atoms with Crippen molar-refractivity contribution in [2.24, 2.45) is 5.92 Å². The van der Waals surface area contributed by atoms with E-state index in [0.717, 1.165) is 56.8 Å². The number of ether oxygens (including phenoxy) is 1. The summed E-state index contributed by atoms with van der Waals surface area (Å²) in [6.45, 7) is 10.8. The van der Waals surface area contributed by atoms with Crippen molar-refractivity contribution in [1.29, 1.82) is 0 Å². The predicted octanol–water partition coefficient (Wildman–Crippen LogP) is 2.11. The lowest BCUT2D eigenvalue weighted by molar-refractivity contribution is -0.434. The molecule has 9 heteroatoms. The third-order valence-electron chi connectivity index (χ3n) is 6.83. The Balaban J connectivity index is 1.25. The fraction of sp³-hybridized carbons (Fsp3) is 0.593. The first-order chi connectivity index (χ1) is 17.1. The van der Waals surface area contributed by atoms with Crippen molar-refractivity contribution in [2.45, 2.75) is 65.0 Å². The van der Waals surface area contributed by atoms with Crippen molar-refractivity contribution in [3.8, 4) is 0 Å². The summed E-state index contributed by atoms with van der Waals surface area (Å²) < 4.78 is 6.97. The van der Waals surface area contributed by atoms with Crippen LogP contribution in [0.2, 0.25) is 0 Å². The van der Waals surface area contributed by atoms with Crippen LogP contribution in [0.3, 0.4) is 0 Å². The molecule has 0 aliphatic carbocycles. The van der Waals surface area contributed by atoms with Crippen molar-refractivity contribution in [2.75, 3.05) is 37.6 Å². The Kier molecular flexibility index (Phi) is 7.88. The maximum Gasteiger partial charge on any atom is 0.419 e. The van der Waals surface area contributed by atoms with Crippen molar-refractivity contribution >= 4 is 35.6 Å². The largest absolute Gasteiger partial charge is 0.460 e. The number of esters is 1. The first kappa shape index (κ1) is 26.0. The van der Waals surface area contributed by atoms with E-state index in [9.17, 15) is 19.2 Å². The van der Waals surface area contributed by atoms with Crippen LogP contribution in [-0.2, 0) is 25.7 Å². The monoisotopic (exact) mass is 497 g/mol. The van der Waals surface area contributed by atoms with Crippen LogP contribution in [-0.4, -0.2) is 77.7 Å². The van der Waals surface area contributed by atoms with E-state index in [0.29, 0.717) is 31.4 Å². The van der Waals surface area contributed by atoms with Gasteiger partial charge in [0.25, 0.3) is 0 Å². The smallest absolute Gasteiger partial charge is 0.419 e. The molecule has 2 fully saturated rings. The van der Waals surface area contributed by atoms with Crippen molar-refractivity contribution < 1.29 is 28.5 Å². The van der Waals surface area contributed by atoms with Crippen LogP contribution in [0.1, 0.15) is 68.8 Å². The molecule has 1 aromatic rings. The number of carbonyl (C=O) groups excluding carboxylic acids is 4. The number of nitrogens with one attached hydrogen (secondary N) is 1. The van der Waals surface area contributed by atoms with E-state index in [1.54, 1.807) is 10.8 Å². The highest BCUT2D eigenvalue weighted by atomic mass is 16.6. The molecule has 1 aromatic carbocycles. The highest BCUT2D eigenvalue weighted by Gasteiger charge is 2.36. The van der Waals surface area contributed by atoms with Crippen molar-refractivity contribution in [3.05, 3.63) is 29.3 Å². The zero-order chi connectivity index (χ0) is 25.9. The minimum Gasteiger partial charge on any atom is -0.460 e. The van der Waals surface area contributed by atoms with Gasteiger partial charge in [0, 0.05) is 50.3 Å². The normalized spacial score (nSPS) is 22.1. The highest BCUT2D eigenvalue weighted by Crippen LogP contribution is 2.27. The molecule has 36 heavy (non-hydrogen) atoms. The minimum absolute atomic E-state index is 0.0996. The minimum atomic E-state index is -0.461. The quantitative estimate of drug-likeness (QED) is 0.267. The van der Waals surface area contributed by atoms with E-state index in [1.807, 2.05) is 32.9 Å². The fourth-order valence-electron chi connectivity index (χ4n) is 4.94. The van der Waals surface area contributed by atoms with Gasteiger partial charge in [0.15, 0.2) is 12.8 Å². The van der Waals surface area contributed by atoms with Crippen LogP contribution < -0.4 is 10.2 Å². The molecule has 1 unspecified atom stereocenters. The van der Waals surface area contributed by atoms with E-state index in [-0.39, 0.29) is 23.7 Å². The number of fused-ring (bicyclic) bond motifs is 1. The second-order valence-electron chi connectivity index (χ2n) is 10.9. The maximum atomic E-state index is 12.9. The van der Waals surface area contributed by atoms with E-state index >= 15 is 0 Å².